The normalized spacial score (nSPS) is 10.1. The lowest BCUT2D eigenvalue weighted by Gasteiger charge is -1.95. The zero-order chi connectivity index (χ0) is 10.8. The van der Waals surface area contributed by atoms with Gasteiger partial charge in [-0.1, -0.05) is 22.7 Å². The number of nitro benzene ring substituents is 1. The van der Waals surface area contributed by atoms with Gasteiger partial charge in [-0.15, -0.1) is 0 Å². The van der Waals surface area contributed by atoms with Crippen molar-refractivity contribution in [2.24, 2.45) is 0 Å². The van der Waals surface area contributed by atoms with Crippen LogP contribution in [0.15, 0.2) is 34.4 Å². The van der Waals surface area contributed by atoms with E-state index in [2.05, 4.69) is 0 Å². The third-order valence-corrected chi connectivity index (χ3v) is 3.79. The van der Waals surface area contributed by atoms with Gasteiger partial charge in [0, 0.05) is 22.4 Å². The van der Waals surface area contributed by atoms with Crippen LogP contribution >= 0.6 is 22.7 Å². The minimum absolute atomic E-state index is 0.0309. The lowest BCUT2D eigenvalue weighted by molar-refractivity contribution is -0.384. The van der Waals surface area contributed by atoms with Crippen LogP contribution in [0.3, 0.4) is 0 Å². The first-order valence-corrected chi connectivity index (χ1v) is 5.70. The highest BCUT2D eigenvalue weighted by Crippen LogP contribution is 2.25. The molecule has 1 aromatic carbocycles. The summed E-state index contributed by atoms with van der Waals surface area (Å²) >= 11 is 2.29. The number of nitrogens with zero attached hydrogens (tertiary/aromatic N) is 1. The van der Waals surface area contributed by atoms with E-state index in [1.807, 2.05) is 0 Å². The van der Waals surface area contributed by atoms with Crippen molar-refractivity contribution in [2.45, 2.75) is 0 Å². The Kier molecular flexibility index (Phi) is 2.61. The van der Waals surface area contributed by atoms with Crippen LogP contribution in [0.25, 0.3) is 10.4 Å². The molecule has 0 spiro atoms. The predicted molar refractivity (Wildman–Crippen MR) is 60.6 cm³/mol. The third kappa shape index (κ3) is 2.11. The molecule has 2 rings (SSSR count). The van der Waals surface area contributed by atoms with Crippen LogP contribution in [0.1, 0.15) is 0 Å². The summed E-state index contributed by atoms with van der Waals surface area (Å²) in [5.74, 6) is 0. The Hall–Kier alpha value is -1.53. The number of nitro groups is 1. The van der Waals surface area contributed by atoms with Crippen LogP contribution in [0.4, 0.5) is 5.69 Å². The molecule has 0 fully saturated rings. The Balaban J connectivity index is 2.39. The average Bonchev–Trinajstić information content (AvgIpc) is 2.65. The highest BCUT2D eigenvalue weighted by molar-refractivity contribution is 7.28. The van der Waals surface area contributed by atoms with Gasteiger partial charge in [0.15, 0.2) is 0 Å². The fourth-order valence-corrected chi connectivity index (χ4v) is 2.83. The zero-order valence-corrected chi connectivity index (χ0v) is 9.01. The van der Waals surface area contributed by atoms with E-state index in [1.165, 1.54) is 12.1 Å². The van der Waals surface area contributed by atoms with Crippen LogP contribution in [-0.2, 0) is 0 Å². The molecule has 0 saturated carbocycles. The largest absolute Gasteiger partial charge is 0.287 e. The van der Waals surface area contributed by atoms with Crippen molar-refractivity contribution in [3.8, 4) is 10.4 Å². The molecule has 0 radical (unpaired) electrons. The summed E-state index contributed by atoms with van der Waals surface area (Å²) in [6, 6.07) is 6.17. The van der Waals surface area contributed by atoms with E-state index in [0.29, 0.717) is 0 Å². The number of hydrogen-bond acceptors (Lipinski definition) is 5. The van der Waals surface area contributed by atoms with Crippen molar-refractivity contribution >= 4 is 28.4 Å². The van der Waals surface area contributed by atoms with Crippen molar-refractivity contribution in [1.82, 2.24) is 0 Å². The molecular formula is C9H5NO3S2. The van der Waals surface area contributed by atoms with Gasteiger partial charge in [0.2, 0.25) is 0 Å². The summed E-state index contributed by atoms with van der Waals surface area (Å²) in [6.45, 7) is 0. The van der Waals surface area contributed by atoms with E-state index in [0.717, 1.165) is 33.1 Å². The molecule has 0 unspecified atom stereocenters. The molecule has 0 bridgehead atoms. The number of hydrogen-bond donors (Lipinski definition) is 0. The fourth-order valence-electron chi connectivity index (χ4n) is 1.11. The lowest BCUT2D eigenvalue weighted by atomic mass is 10.2. The molecule has 15 heavy (non-hydrogen) atoms. The zero-order valence-electron chi connectivity index (χ0n) is 7.38. The van der Waals surface area contributed by atoms with Crippen LogP contribution < -0.4 is 4.06 Å². The highest BCUT2D eigenvalue weighted by Gasteiger charge is 2.06. The van der Waals surface area contributed by atoms with Gasteiger partial charge in [-0.05, 0) is 17.7 Å². The van der Waals surface area contributed by atoms with Gasteiger partial charge in [0.25, 0.3) is 9.74 Å². The molecule has 1 heterocycles. The molecular weight excluding hydrogens is 234 g/mol. The van der Waals surface area contributed by atoms with Gasteiger partial charge in [-0.2, -0.15) is 0 Å². The molecule has 0 aliphatic heterocycles. The summed E-state index contributed by atoms with van der Waals surface area (Å²) in [6.07, 6.45) is 0. The van der Waals surface area contributed by atoms with Crippen LogP contribution in [0.2, 0.25) is 0 Å². The maximum absolute atomic E-state index is 11.0. The molecule has 0 aliphatic rings. The average molecular weight is 239 g/mol. The van der Waals surface area contributed by atoms with Crippen LogP contribution in [0.5, 0.6) is 0 Å². The second-order valence-corrected chi connectivity index (χ2v) is 4.87. The topological polar surface area (TPSA) is 60.2 Å². The van der Waals surface area contributed by atoms with Crippen molar-refractivity contribution in [1.29, 1.82) is 0 Å². The maximum atomic E-state index is 11.0. The van der Waals surface area contributed by atoms with E-state index in [1.54, 1.807) is 17.5 Å². The summed E-state index contributed by atoms with van der Waals surface area (Å²) in [5.41, 5.74) is 0.894. The van der Waals surface area contributed by atoms with Crippen molar-refractivity contribution in [3.63, 3.8) is 0 Å². The molecule has 6 heteroatoms. The van der Waals surface area contributed by atoms with Gasteiger partial charge in [-0.3, -0.25) is 14.9 Å². The monoisotopic (exact) mass is 239 g/mol. The van der Waals surface area contributed by atoms with Crippen molar-refractivity contribution in [2.75, 3.05) is 0 Å². The maximum Gasteiger partial charge on any atom is 0.287 e. The number of benzene rings is 1. The first-order valence-electron chi connectivity index (χ1n) is 4.00. The molecule has 0 aliphatic carbocycles. The Morgan fingerprint density at radius 3 is 2.33 bits per heavy atom. The molecule has 0 amide bonds. The van der Waals surface area contributed by atoms with E-state index in [-0.39, 0.29) is 9.74 Å². The second kappa shape index (κ2) is 3.92. The van der Waals surface area contributed by atoms with Gasteiger partial charge in [0.05, 0.1) is 4.92 Å². The quantitative estimate of drug-likeness (QED) is 0.598. The van der Waals surface area contributed by atoms with E-state index in [9.17, 15) is 14.9 Å². The Labute approximate surface area is 92.6 Å². The summed E-state index contributed by atoms with van der Waals surface area (Å²) < 4.78 is 0.0309. The predicted octanol–water partition coefficient (Wildman–Crippen LogP) is 2.75. The smallest absolute Gasteiger partial charge is 0.265 e. The Bertz CT molecular complexity index is 541. The minimum atomic E-state index is -0.445. The van der Waals surface area contributed by atoms with Gasteiger partial charge >= 0.3 is 0 Å². The number of non-ortho nitro benzene ring substituents is 1. The van der Waals surface area contributed by atoms with Gasteiger partial charge < -0.3 is 0 Å². The standard InChI is InChI=1S/C9H5NO3S2/c11-9-14-5-8(15-9)6-1-3-7(4-2-6)10(12)13/h1-5H. The van der Waals surface area contributed by atoms with Crippen LogP contribution in [0, 0.1) is 10.1 Å². The molecule has 2 aromatic rings. The molecule has 1 aromatic heterocycles. The van der Waals surface area contributed by atoms with Gasteiger partial charge in [-0.25, -0.2) is 0 Å². The van der Waals surface area contributed by atoms with E-state index in [4.69, 9.17) is 0 Å². The summed E-state index contributed by atoms with van der Waals surface area (Å²) in [5, 5.41) is 12.2. The van der Waals surface area contributed by atoms with Crippen LogP contribution in [-0.4, -0.2) is 4.92 Å². The first-order chi connectivity index (χ1) is 7.16. The highest BCUT2D eigenvalue weighted by atomic mass is 32.2. The summed E-state index contributed by atoms with van der Waals surface area (Å²) in [4.78, 5) is 21.8. The Morgan fingerprint density at radius 1 is 1.20 bits per heavy atom. The molecule has 76 valence electrons. The van der Waals surface area contributed by atoms with Crippen molar-refractivity contribution < 1.29 is 4.92 Å². The first kappa shape index (κ1) is 10.0. The lowest BCUT2D eigenvalue weighted by Crippen LogP contribution is -1.86. The van der Waals surface area contributed by atoms with Crippen molar-refractivity contribution in [3.05, 3.63) is 48.6 Å². The second-order valence-electron chi connectivity index (χ2n) is 2.76. The van der Waals surface area contributed by atoms with E-state index < -0.39 is 4.92 Å². The van der Waals surface area contributed by atoms with E-state index >= 15 is 0 Å². The Morgan fingerprint density at radius 2 is 1.87 bits per heavy atom. The summed E-state index contributed by atoms with van der Waals surface area (Å²) in [7, 11) is 0. The minimum Gasteiger partial charge on any atom is -0.265 e. The SMILES string of the molecule is O=c1scc(-c2ccc([N+](=O)[O-])cc2)s1. The molecule has 0 N–H and O–H groups in total. The third-order valence-electron chi connectivity index (χ3n) is 1.82. The fraction of sp³-hybridized carbons (Fsp3) is 0. The number of rotatable bonds is 2. The molecule has 4 nitrogen and oxygen atoms in total. The van der Waals surface area contributed by atoms with Gasteiger partial charge in [0.1, 0.15) is 0 Å². The molecule has 0 atom stereocenters. The molecule has 0 saturated heterocycles.